The maximum absolute atomic E-state index is 12.0. The quantitative estimate of drug-likeness (QED) is 0.791. The maximum Gasteiger partial charge on any atom is 0.327 e. The highest BCUT2D eigenvalue weighted by Crippen LogP contribution is 2.45. The fourth-order valence-electron chi connectivity index (χ4n) is 4.36. The number of fused-ring (bicyclic) bond motifs is 1. The predicted octanol–water partition coefficient (Wildman–Crippen LogP) is 2.97. The van der Waals surface area contributed by atoms with E-state index in [1.54, 1.807) is 0 Å². The van der Waals surface area contributed by atoms with Gasteiger partial charge in [-0.2, -0.15) is 0 Å². The summed E-state index contributed by atoms with van der Waals surface area (Å²) in [7, 11) is 0. The third-order valence-corrected chi connectivity index (χ3v) is 5.26. The lowest BCUT2D eigenvalue weighted by atomic mass is 9.66. The van der Waals surface area contributed by atoms with Gasteiger partial charge in [-0.05, 0) is 25.2 Å². The lowest BCUT2D eigenvalue weighted by Gasteiger charge is -2.39. The van der Waals surface area contributed by atoms with Gasteiger partial charge in [0.05, 0.1) is 0 Å². The second-order valence-electron chi connectivity index (χ2n) is 7.00. The van der Waals surface area contributed by atoms with Crippen LogP contribution in [-0.2, 0) is 5.41 Å². The largest absolute Gasteiger partial charge is 0.336 e. The zero-order chi connectivity index (χ0) is 16.4. The van der Waals surface area contributed by atoms with Crippen LogP contribution in [0.1, 0.15) is 71.0 Å². The average Bonchev–Trinajstić information content (AvgIpc) is 2.93. The van der Waals surface area contributed by atoms with Crippen LogP contribution in [0.2, 0.25) is 0 Å². The van der Waals surface area contributed by atoms with Crippen LogP contribution in [0.5, 0.6) is 0 Å². The molecule has 6 heteroatoms. The number of nitrogens with zero attached hydrogens (tertiary/aromatic N) is 1. The van der Waals surface area contributed by atoms with E-state index in [2.05, 4.69) is 33.8 Å². The Morgan fingerprint density at radius 3 is 2.74 bits per heavy atom. The third-order valence-electron chi connectivity index (χ3n) is 5.26. The molecule has 1 aliphatic rings. The van der Waals surface area contributed by atoms with Gasteiger partial charge in [0.15, 0.2) is 5.65 Å². The van der Waals surface area contributed by atoms with Crippen molar-refractivity contribution in [2.45, 2.75) is 70.6 Å². The van der Waals surface area contributed by atoms with Crippen LogP contribution in [-0.4, -0.2) is 19.9 Å². The zero-order valence-corrected chi connectivity index (χ0v) is 14.0. The predicted molar refractivity (Wildman–Crippen MR) is 90.8 cm³/mol. The van der Waals surface area contributed by atoms with Gasteiger partial charge in [0.1, 0.15) is 11.3 Å². The molecule has 2 aromatic heterocycles. The second-order valence-corrected chi connectivity index (χ2v) is 7.00. The molecule has 0 radical (unpaired) electrons. The number of aromatic amines is 3. The normalized spacial score (nSPS) is 25.0. The maximum atomic E-state index is 12.0. The van der Waals surface area contributed by atoms with Gasteiger partial charge >= 0.3 is 5.69 Å². The molecule has 2 atom stereocenters. The molecule has 0 amide bonds. The van der Waals surface area contributed by atoms with Gasteiger partial charge in [-0.1, -0.05) is 46.0 Å². The highest BCUT2D eigenvalue weighted by atomic mass is 16.2. The van der Waals surface area contributed by atoms with E-state index in [0.29, 0.717) is 11.2 Å². The molecule has 2 aromatic rings. The van der Waals surface area contributed by atoms with Crippen LogP contribution < -0.4 is 11.2 Å². The van der Waals surface area contributed by atoms with E-state index in [1.165, 1.54) is 25.7 Å². The lowest BCUT2D eigenvalue weighted by molar-refractivity contribution is 0.189. The Hall–Kier alpha value is -1.85. The molecule has 1 fully saturated rings. The van der Waals surface area contributed by atoms with E-state index in [9.17, 15) is 9.59 Å². The van der Waals surface area contributed by atoms with Crippen molar-refractivity contribution in [3.8, 4) is 0 Å². The number of imidazole rings is 1. The average molecular weight is 318 g/mol. The van der Waals surface area contributed by atoms with E-state index in [0.717, 1.165) is 37.4 Å². The van der Waals surface area contributed by atoms with E-state index in [1.807, 2.05) is 0 Å². The molecule has 23 heavy (non-hydrogen) atoms. The number of hydrogen-bond donors (Lipinski definition) is 3. The van der Waals surface area contributed by atoms with Gasteiger partial charge in [-0.25, -0.2) is 9.78 Å². The van der Waals surface area contributed by atoms with Crippen molar-refractivity contribution in [1.29, 1.82) is 0 Å². The van der Waals surface area contributed by atoms with Gasteiger partial charge in [-0.3, -0.25) is 14.8 Å². The first kappa shape index (κ1) is 16.0. The smallest absolute Gasteiger partial charge is 0.327 e. The SMILES string of the molecule is CCCC1CCCC(CCC)(c2nc3[nH]c(=O)[nH]c(=O)c3[nH]2)C1. The van der Waals surface area contributed by atoms with E-state index < -0.39 is 11.2 Å². The first-order chi connectivity index (χ1) is 11.1. The van der Waals surface area contributed by atoms with Crippen molar-refractivity contribution < 1.29 is 0 Å². The molecule has 0 saturated heterocycles. The van der Waals surface area contributed by atoms with Gasteiger partial charge in [0, 0.05) is 5.41 Å². The van der Waals surface area contributed by atoms with Crippen LogP contribution >= 0.6 is 0 Å². The summed E-state index contributed by atoms with van der Waals surface area (Å²) < 4.78 is 0. The van der Waals surface area contributed by atoms with Gasteiger partial charge in [0.2, 0.25) is 0 Å². The minimum absolute atomic E-state index is 0.00911. The number of aromatic nitrogens is 4. The summed E-state index contributed by atoms with van der Waals surface area (Å²) >= 11 is 0. The molecule has 3 rings (SSSR count). The third kappa shape index (κ3) is 2.99. The van der Waals surface area contributed by atoms with Crippen LogP contribution in [0.3, 0.4) is 0 Å². The van der Waals surface area contributed by atoms with Crippen molar-refractivity contribution in [3.63, 3.8) is 0 Å². The Kier molecular flexibility index (Phi) is 4.41. The fraction of sp³-hybridized carbons (Fsp3) is 0.706. The summed E-state index contributed by atoms with van der Waals surface area (Å²) in [5.41, 5.74) is -0.128. The van der Waals surface area contributed by atoms with E-state index in [-0.39, 0.29) is 5.41 Å². The molecule has 0 aliphatic heterocycles. The minimum Gasteiger partial charge on any atom is -0.336 e. The number of H-pyrrole nitrogens is 3. The molecule has 0 spiro atoms. The monoisotopic (exact) mass is 318 g/mol. The van der Waals surface area contributed by atoms with Gasteiger partial charge < -0.3 is 4.98 Å². The van der Waals surface area contributed by atoms with E-state index >= 15 is 0 Å². The Morgan fingerprint density at radius 1 is 1.17 bits per heavy atom. The van der Waals surface area contributed by atoms with Crippen LogP contribution in [0, 0.1) is 5.92 Å². The van der Waals surface area contributed by atoms with Crippen LogP contribution in [0.15, 0.2) is 9.59 Å². The number of rotatable bonds is 5. The Bertz CT molecular complexity index is 782. The molecular weight excluding hydrogens is 292 g/mol. The summed E-state index contributed by atoms with van der Waals surface area (Å²) in [6.07, 6.45) is 9.33. The molecule has 0 aromatic carbocycles. The molecule has 126 valence electrons. The molecule has 2 heterocycles. The molecule has 1 saturated carbocycles. The molecule has 2 unspecified atom stereocenters. The second kappa shape index (κ2) is 6.34. The van der Waals surface area contributed by atoms with Crippen molar-refractivity contribution in [2.24, 2.45) is 5.92 Å². The van der Waals surface area contributed by atoms with Crippen molar-refractivity contribution in [2.75, 3.05) is 0 Å². The highest BCUT2D eigenvalue weighted by Gasteiger charge is 2.39. The molecular formula is C17H26N4O2. The standard InChI is InChI=1S/C17H26N4O2/c1-3-6-11-7-5-9-17(10-11,8-4-2)15-18-12-13(19-15)20-16(23)21-14(12)22/h11H,3-10H2,1-2H3,(H3,18,19,20,21,22,23). The van der Waals surface area contributed by atoms with Gasteiger partial charge in [0.25, 0.3) is 5.56 Å². The van der Waals surface area contributed by atoms with Crippen molar-refractivity contribution >= 4 is 11.2 Å². The number of nitrogens with one attached hydrogen (secondary N) is 3. The highest BCUT2D eigenvalue weighted by molar-refractivity contribution is 5.69. The molecule has 3 N–H and O–H groups in total. The first-order valence-corrected chi connectivity index (χ1v) is 8.81. The Morgan fingerprint density at radius 2 is 2.00 bits per heavy atom. The first-order valence-electron chi connectivity index (χ1n) is 8.81. The Labute approximate surface area is 135 Å². The minimum atomic E-state index is -0.502. The topological polar surface area (TPSA) is 94.4 Å². The van der Waals surface area contributed by atoms with Crippen LogP contribution in [0.4, 0.5) is 0 Å². The summed E-state index contributed by atoms with van der Waals surface area (Å²) in [6, 6.07) is 0. The lowest BCUT2D eigenvalue weighted by Crippen LogP contribution is -2.34. The Balaban J connectivity index is 2.05. The zero-order valence-electron chi connectivity index (χ0n) is 14.0. The van der Waals surface area contributed by atoms with Crippen molar-refractivity contribution in [1.82, 2.24) is 19.9 Å². The summed E-state index contributed by atoms with van der Waals surface area (Å²) in [5.74, 6) is 1.60. The molecule has 6 nitrogen and oxygen atoms in total. The van der Waals surface area contributed by atoms with Gasteiger partial charge in [-0.15, -0.1) is 0 Å². The summed E-state index contributed by atoms with van der Waals surface area (Å²) in [6.45, 7) is 4.43. The molecule has 0 bridgehead atoms. The fourth-order valence-corrected chi connectivity index (χ4v) is 4.36. The molecule has 1 aliphatic carbocycles. The number of hydrogen-bond acceptors (Lipinski definition) is 3. The summed E-state index contributed by atoms with van der Waals surface area (Å²) in [5, 5.41) is 0. The van der Waals surface area contributed by atoms with Crippen LogP contribution in [0.25, 0.3) is 11.2 Å². The van der Waals surface area contributed by atoms with E-state index in [4.69, 9.17) is 0 Å². The van der Waals surface area contributed by atoms with Crippen molar-refractivity contribution in [3.05, 3.63) is 26.7 Å². The summed E-state index contributed by atoms with van der Waals surface area (Å²) in [4.78, 5) is 36.2.